The zero-order valence-electron chi connectivity index (χ0n) is 13.7. The van der Waals surface area contributed by atoms with Gasteiger partial charge < -0.3 is 4.74 Å². The molecule has 0 heterocycles. The fraction of sp³-hybridized carbons (Fsp3) is 0.250. The summed E-state index contributed by atoms with van der Waals surface area (Å²) in [5.41, 5.74) is 1.06. The van der Waals surface area contributed by atoms with Crippen molar-refractivity contribution >= 4 is 27.3 Å². The first-order chi connectivity index (χ1) is 11.7. The molecule has 2 aromatic carbocycles. The number of nitrogens with one attached hydrogen (secondary N) is 1. The molecule has 134 valence electrons. The van der Waals surface area contributed by atoms with Crippen LogP contribution in [0.3, 0.4) is 0 Å². The molecule has 0 saturated heterocycles. The third-order valence-corrected chi connectivity index (χ3v) is 5.36. The van der Waals surface area contributed by atoms with Gasteiger partial charge in [-0.15, -0.1) is 0 Å². The normalized spacial score (nSPS) is 11.3. The molecule has 0 aliphatic rings. The van der Waals surface area contributed by atoms with Crippen molar-refractivity contribution in [3.8, 4) is 5.75 Å². The molecule has 9 heteroatoms. The summed E-state index contributed by atoms with van der Waals surface area (Å²) in [5.74, 6) is 0.528. The van der Waals surface area contributed by atoms with Crippen molar-refractivity contribution in [1.29, 1.82) is 0 Å². The molecule has 0 aromatic heterocycles. The van der Waals surface area contributed by atoms with E-state index in [4.69, 9.17) is 16.3 Å². The molecule has 0 unspecified atom stereocenters. The maximum atomic E-state index is 12.2. The second-order valence-corrected chi connectivity index (χ2v) is 7.54. The number of sulfonamides is 1. The number of halogens is 1. The molecule has 0 saturated carbocycles. The number of benzene rings is 2. The molecule has 0 bridgehead atoms. The van der Waals surface area contributed by atoms with E-state index in [9.17, 15) is 18.5 Å². The third-order valence-electron chi connectivity index (χ3n) is 3.49. The molecule has 0 atom stereocenters. The molecule has 25 heavy (non-hydrogen) atoms. The monoisotopic (exact) mass is 384 g/mol. The van der Waals surface area contributed by atoms with Gasteiger partial charge in [-0.25, -0.2) is 13.1 Å². The fourth-order valence-electron chi connectivity index (χ4n) is 2.04. The second-order valence-electron chi connectivity index (χ2n) is 5.36. The van der Waals surface area contributed by atoms with Crippen molar-refractivity contribution in [1.82, 2.24) is 4.72 Å². The predicted octanol–water partition coefficient (Wildman–Crippen LogP) is 3.22. The van der Waals surface area contributed by atoms with E-state index >= 15 is 0 Å². The van der Waals surface area contributed by atoms with Crippen molar-refractivity contribution in [3.63, 3.8) is 0 Å². The van der Waals surface area contributed by atoms with Gasteiger partial charge in [0.25, 0.3) is 5.69 Å². The van der Waals surface area contributed by atoms with Crippen molar-refractivity contribution < 1.29 is 18.1 Å². The van der Waals surface area contributed by atoms with Gasteiger partial charge in [-0.2, -0.15) is 0 Å². The minimum absolute atomic E-state index is 0.00943. The maximum Gasteiger partial charge on any atom is 0.273 e. The Balaban J connectivity index is 1.98. The standard InChI is InChI=1S/C16H17ClN2O5S/c1-11-3-5-13(9-15(11)17)24-8-7-18-25(22,23)14-6-4-12(2)16(10-14)19(20)21/h3-6,9-10,18H,7-8H2,1-2H3. The average Bonchev–Trinajstić information content (AvgIpc) is 2.54. The summed E-state index contributed by atoms with van der Waals surface area (Å²) in [5, 5.41) is 11.5. The highest BCUT2D eigenvalue weighted by Gasteiger charge is 2.19. The zero-order valence-corrected chi connectivity index (χ0v) is 15.2. The van der Waals surface area contributed by atoms with E-state index in [1.807, 2.05) is 6.92 Å². The van der Waals surface area contributed by atoms with Crippen LogP contribution in [0, 0.1) is 24.0 Å². The summed E-state index contributed by atoms with van der Waals surface area (Å²) >= 11 is 5.99. The first-order valence-electron chi connectivity index (χ1n) is 7.34. The average molecular weight is 385 g/mol. The Labute approximate surface area is 150 Å². The highest BCUT2D eigenvalue weighted by Crippen LogP contribution is 2.23. The molecule has 1 N–H and O–H groups in total. The van der Waals surface area contributed by atoms with Gasteiger partial charge in [0, 0.05) is 23.2 Å². The number of nitrogens with zero attached hydrogens (tertiary/aromatic N) is 1. The van der Waals surface area contributed by atoms with Crippen LogP contribution in [-0.4, -0.2) is 26.5 Å². The molecule has 0 aliphatic heterocycles. The topological polar surface area (TPSA) is 98.5 Å². The second kappa shape index (κ2) is 7.81. The summed E-state index contributed by atoms with van der Waals surface area (Å²) in [6.45, 7) is 3.51. The largest absolute Gasteiger partial charge is 0.492 e. The van der Waals surface area contributed by atoms with E-state index < -0.39 is 14.9 Å². The van der Waals surface area contributed by atoms with Crippen LogP contribution < -0.4 is 9.46 Å². The number of aryl methyl sites for hydroxylation is 2. The van der Waals surface area contributed by atoms with Crippen LogP contribution in [0.4, 0.5) is 5.69 Å². The van der Waals surface area contributed by atoms with Crippen LogP contribution in [0.15, 0.2) is 41.3 Å². The maximum absolute atomic E-state index is 12.2. The molecule has 2 aromatic rings. The van der Waals surface area contributed by atoms with Crippen molar-refractivity contribution in [2.45, 2.75) is 18.7 Å². The number of nitro groups is 1. The third kappa shape index (κ3) is 4.91. The van der Waals surface area contributed by atoms with Crippen LogP contribution in [0.1, 0.15) is 11.1 Å². The first-order valence-corrected chi connectivity index (χ1v) is 9.20. The van der Waals surface area contributed by atoms with Crippen LogP contribution in [0.2, 0.25) is 5.02 Å². The quantitative estimate of drug-likeness (QED) is 0.449. The number of hydrogen-bond acceptors (Lipinski definition) is 5. The van der Waals surface area contributed by atoms with Crippen LogP contribution in [0.25, 0.3) is 0 Å². The van der Waals surface area contributed by atoms with Crippen molar-refractivity contribution in [3.05, 3.63) is 62.7 Å². The van der Waals surface area contributed by atoms with Gasteiger partial charge in [-0.1, -0.05) is 23.7 Å². The van der Waals surface area contributed by atoms with Gasteiger partial charge >= 0.3 is 0 Å². The van der Waals surface area contributed by atoms with E-state index in [0.29, 0.717) is 16.3 Å². The predicted molar refractivity (Wildman–Crippen MR) is 94.7 cm³/mol. The highest BCUT2D eigenvalue weighted by molar-refractivity contribution is 7.89. The summed E-state index contributed by atoms with van der Waals surface area (Å²) in [6, 6.07) is 8.95. The van der Waals surface area contributed by atoms with Gasteiger partial charge in [0.1, 0.15) is 12.4 Å². The Bertz CT molecular complexity index is 899. The molecule has 0 radical (unpaired) electrons. The Morgan fingerprint density at radius 3 is 2.48 bits per heavy atom. The van der Waals surface area contributed by atoms with Crippen LogP contribution in [-0.2, 0) is 10.0 Å². The van der Waals surface area contributed by atoms with E-state index in [1.165, 1.54) is 12.1 Å². The number of hydrogen-bond donors (Lipinski definition) is 1. The SMILES string of the molecule is Cc1ccc(OCCNS(=O)(=O)c2ccc(C)c([N+](=O)[O-])c2)cc1Cl. The van der Waals surface area contributed by atoms with Gasteiger partial charge in [0.2, 0.25) is 10.0 Å². The number of rotatable bonds is 7. The highest BCUT2D eigenvalue weighted by atomic mass is 35.5. The lowest BCUT2D eigenvalue weighted by atomic mass is 10.2. The van der Waals surface area contributed by atoms with Crippen LogP contribution >= 0.6 is 11.6 Å². The Hall–Kier alpha value is -2.16. The minimum Gasteiger partial charge on any atom is -0.492 e. The lowest BCUT2D eigenvalue weighted by Gasteiger charge is -2.10. The van der Waals surface area contributed by atoms with E-state index in [-0.39, 0.29) is 23.7 Å². The Morgan fingerprint density at radius 1 is 1.16 bits per heavy atom. The van der Waals surface area contributed by atoms with Crippen molar-refractivity contribution in [2.24, 2.45) is 0 Å². The van der Waals surface area contributed by atoms with Gasteiger partial charge in [0.05, 0.1) is 9.82 Å². The number of ether oxygens (including phenoxy) is 1. The summed E-state index contributed by atoms with van der Waals surface area (Å²) in [4.78, 5) is 10.2. The lowest BCUT2D eigenvalue weighted by molar-refractivity contribution is -0.385. The first kappa shape index (κ1) is 19.2. The van der Waals surface area contributed by atoms with E-state index in [2.05, 4.69) is 4.72 Å². The lowest BCUT2D eigenvalue weighted by Crippen LogP contribution is -2.28. The summed E-state index contributed by atoms with van der Waals surface area (Å²) < 4.78 is 32.2. The van der Waals surface area contributed by atoms with Crippen LogP contribution in [0.5, 0.6) is 5.75 Å². The summed E-state index contributed by atoms with van der Waals surface area (Å²) in [6.07, 6.45) is 0. The van der Waals surface area contributed by atoms with Crippen molar-refractivity contribution in [2.75, 3.05) is 13.2 Å². The zero-order chi connectivity index (χ0) is 18.6. The molecule has 0 fully saturated rings. The van der Waals surface area contributed by atoms with Gasteiger partial charge in [-0.05, 0) is 37.6 Å². The Morgan fingerprint density at radius 2 is 1.84 bits per heavy atom. The minimum atomic E-state index is -3.86. The molecule has 2 rings (SSSR count). The van der Waals surface area contributed by atoms with Gasteiger partial charge in [-0.3, -0.25) is 10.1 Å². The molecule has 0 aliphatic carbocycles. The molecular weight excluding hydrogens is 368 g/mol. The van der Waals surface area contributed by atoms with Gasteiger partial charge in [0.15, 0.2) is 0 Å². The van der Waals surface area contributed by atoms with E-state index in [0.717, 1.165) is 11.6 Å². The molecule has 0 amide bonds. The fourth-order valence-corrected chi connectivity index (χ4v) is 3.25. The smallest absolute Gasteiger partial charge is 0.273 e. The Kier molecular flexibility index (Phi) is 5.99. The number of nitro benzene ring substituents is 1. The molecule has 7 nitrogen and oxygen atoms in total. The summed E-state index contributed by atoms with van der Waals surface area (Å²) in [7, 11) is -3.86. The van der Waals surface area contributed by atoms with E-state index in [1.54, 1.807) is 25.1 Å². The molecule has 0 spiro atoms. The molecular formula is C16H17ClN2O5S.